The summed E-state index contributed by atoms with van der Waals surface area (Å²) in [6.45, 7) is 2.18. The number of rotatable bonds is 4. The van der Waals surface area contributed by atoms with Crippen LogP contribution in [0.1, 0.15) is 6.92 Å². The Bertz CT molecular complexity index is 1110. The van der Waals surface area contributed by atoms with Crippen LogP contribution in [0.3, 0.4) is 0 Å². The Morgan fingerprint density at radius 1 is 1.20 bits per heavy atom. The molecule has 5 nitrogen and oxygen atoms in total. The first kappa shape index (κ1) is 16.4. The molecule has 0 N–H and O–H groups in total. The summed E-state index contributed by atoms with van der Waals surface area (Å²) in [4.78, 5) is 21.3. The van der Waals surface area contributed by atoms with Crippen molar-refractivity contribution >= 4 is 61.2 Å². The molecule has 0 atom stereocenters. The first-order valence-electron chi connectivity index (χ1n) is 7.82. The number of carbonyl (C=O) groups is 1. The molecular formula is C18H14BrN3O2S. The Hall–Kier alpha value is -2.12. The van der Waals surface area contributed by atoms with Gasteiger partial charge in [-0.1, -0.05) is 39.8 Å². The van der Waals surface area contributed by atoms with Crippen LogP contribution in [0.5, 0.6) is 0 Å². The van der Waals surface area contributed by atoms with E-state index in [4.69, 9.17) is 14.7 Å². The average Bonchev–Trinajstić information content (AvgIpc) is 3.00. The third kappa shape index (κ3) is 2.98. The zero-order chi connectivity index (χ0) is 17.4. The van der Waals surface area contributed by atoms with Gasteiger partial charge in [-0.15, -0.1) is 0 Å². The van der Waals surface area contributed by atoms with Crippen molar-refractivity contribution < 1.29 is 9.53 Å². The van der Waals surface area contributed by atoms with Crippen LogP contribution in [0.2, 0.25) is 0 Å². The molecule has 2 aromatic carbocycles. The molecule has 0 fully saturated rings. The summed E-state index contributed by atoms with van der Waals surface area (Å²) in [5, 5.41) is 1.69. The van der Waals surface area contributed by atoms with E-state index < -0.39 is 0 Å². The Balaban J connectivity index is 1.95. The first-order valence-corrected chi connectivity index (χ1v) is 9.60. The molecule has 0 radical (unpaired) electrons. The Kier molecular flexibility index (Phi) is 4.35. The molecule has 7 heteroatoms. The number of para-hydroxylation sites is 2. The standard InChI is InChI=1S/C18H14BrN3O2S/c1-2-24-16(23)10-25-18-21-13-8-7-11(19)9-12(13)17-20-14-5-3-4-6-15(14)22(17)18/h3-9H,2,10H2,1H3. The lowest BCUT2D eigenvalue weighted by Gasteiger charge is -2.08. The molecule has 0 spiro atoms. The van der Waals surface area contributed by atoms with Crippen molar-refractivity contribution in [2.24, 2.45) is 0 Å². The second kappa shape index (κ2) is 6.65. The molecule has 2 aromatic heterocycles. The van der Waals surface area contributed by atoms with Gasteiger partial charge < -0.3 is 4.74 Å². The van der Waals surface area contributed by atoms with Crippen LogP contribution in [-0.4, -0.2) is 32.7 Å². The van der Waals surface area contributed by atoms with E-state index in [0.29, 0.717) is 6.61 Å². The van der Waals surface area contributed by atoms with Gasteiger partial charge in [0.2, 0.25) is 0 Å². The number of esters is 1. The fraction of sp³-hybridized carbons (Fsp3) is 0.167. The zero-order valence-corrected chi connectivity index (χ0v) is 15.8. The van der Waals surface area contributed by atoms with Crippen molar-refractivity contribution in [2.45, 2.75) is 12.1 Å². The van der Waals surface area contributed by atoms with Crippen LogP contribution in [0.15, 0.2) is 52.1 Å². The van der Waals surface area contributed by atoms with Crippen LogP contribution in [-0.2, 0) is 9.53 Å². The SMILES string of the molecule is CCOC(=O)CSc1nc2ccc(Br)cc2c2nc3ccccc3n12. The minimum atomic E-state index is -0.247. The lowest BCUT2D eigenvalue weighted by Crippen LogP contribution is -2.08. The molecule has 0 aliphatic rings. The summed E-state index contributed by atoms with van der Waals surface area (Å²) >= 11 is 4.88. The number of fused-ring (bicyclic) bond motifs is 5. The quantitative estimate of drug-likeness (QED) is 0.280. The molecule has 0 aliphatic carbocycles. The fourth-order valence-corrected chi connectivity index (χ4v) is 3.93. The van der Waals surface area contributed by atoms with E-state index in [-0.39, 0.29) is 11.7 Å². The van der Waals surface area contributed by atoms with Crippen molar-refractivity contribution in [1.82, 2.24) is 14.4 Å². The highest BCUT2D eigenvalue weighted by molar-refractivity contribution is 9.10. The molecule has 0 amide bonds. The lowest BCUT2D eigenvalue weighted by atomic mass is 10.2. The fourth-order valence-electron chi connectivity index (χ4n) is 2.76. The van der Waals surface area contributed by atoms with E-state index in [9.17, 15) is 4.79 Å². The summed E-state index contributed by atoms with van der Waals surface area (Å²) in [6, 6.07) is 13.8. The van der Waals surface area contributed by atoms with Crippen molar-refractivity contribution in [3.8, 4) is 0 Å². The van der Waals surface area contributed by atoms with E-state index in [0.717, 1.165) is 37.2 Å². The van der Waals surface area contributed by atoms with Gasteiger partial charge in [0, 0.05) is 9.86 Å². The second-order valence-corrected chi connectivity index (χ2v) is 7.27. The highest BCUT2D eigenvalue weighted by atomic mass is 79.9. The van der Waals surface area contributed by atoms with E-state index in [2.05, 4.69) is 15.9 Å². The molecule has 0 saturated heterocycles. The number of nitrogens with zero attached hydrogens (tertiary/aromatic N) is 3. The zero-order valence-electron chi connectivity index (χ0n) is 13.4. The summed E-state index contributed by atoms with van der Waals surface area (Å²) in [7, 11) is 0. The van der Waals surface area contributed by atoms with E-state index in [1.807, 2.05) is 46.9 Å². The summed E-state index contributed by atoms with van der Waals surface area (Å²) in [5.74, 6) is -0.0347. The molecule has 126 valence electrons. The Morgan fingerprint density at radius 3 is 2.88 bits per heavy atom. The van der Waals surface area contributed by atoms with E-state index in [1.165, 1.54) is 11.8 Å². The van der Waals surface area contributed by atoms with Crippen LogP contribution in [0.25, 0.3) is 27.6 Å². The Labute approximate surface area is 156 Å². The van der Waals surface area contributed by atoms with Gasteiger partial charge >= 0.3 is 5.97 Å². The first-order chi connectivity index (χ1) is 12.2. The highest BCUT2D eigenvalue weighted by Crippen LogP contribution is 2.30. The molecule has 2 heterocycles. The molecule has 25 heavy (non-hydrogen) atoms. The largest absolute Gasteiger partial charge is 0.465 e. The van der Waals surface area contributed by atoms with Crippen LogP contribution >= 0.6 is 27.7 Å². The number of benzene rings is 2. The summed E-state index contributed by atoms with van der Waals surface area (Å²) < 4.78 is 8.01. The average molecular weight is 416 g/mol. The number of halogens is 1. The van der Waals surface area contributed by atoms with E-state index >= 15 is 0 Å². The van der Waals surface area contributed by atoms with Crippen molar-refractivity contribution in [3.05, 3.63) is 46.9 Å². The smallest absolute Gasteiger partial charge is 0.316 e. The van der Waals surface area contributed by atoms with Crippen LogP contribution in [0, 0.1) is 0 Å². The van der Waals surface area contributed by atoms with Gasteiger partial charge in [-0.3, -0.25) is 9.20 Å². The van der Waals surface area contributed by atoms with Crippen molar-refractivity contribution in [3.63, 3.8) is 0 Å². The highest BCUT2D eigenvalue weighted by Gasteiger charge is 2.15. The minimum absolute atomic E-state index is 0.213. The van der Waals surface area contributed by atoms with Gasteiger partial charge in [0.15, 0.2) is 5.16 Å². The molecule has 0 saturated carbocycles. The molecule has 0 bridgehead atoms. The number of hydrogen-bond acceptors (Lipinski definition) is 5. The number of ether oxygens (including phenoxy) is 1. The monoisotopic (exact) mass is 415 g/mol. The normalized spacial score (nSPS) is 11.4. The van der Waals surface area contributed by atoms with Crippen molar-refractivity contribution in [2.75, 3.05) is 12.4 Å². The number of imidazole rings is 1. The number of thioether (sulfide) groups is 1. The molecule has 4 rings (SSSR count). The maximum atomic E-state index is 11.8. The van der Waals surface area contributed by atoms with E-state index in [1.54, 1.807) is 6.92 Å². The molecule has 4 aromatic rings. The predicted molar refractivity (Wildman–Crippen MR) is 103 cm³/mol. The topological polar surface area (TPSA) is 56.5 Å². The third-order valence-corrected chi connectivity index (χ3v) is 5.20. The van der Waals surface area contributed by atoms with Gasteiger partial charge in [-0.25, -0.2) is 9.97 Å². The number of carbonyl (C=O) groups excluding carboxylic acids is 1. The molecule has 0 unspecified atom stereocenters. The lowest BCUT2D eigenvalue weighted by molar-refractivity contribution is -0.139. The Morgan fingerprint density at radius 2 is 2.04 bits per heavy atom. The van der Waals surface area contributed by atoms with Gasteiger partial charge in [-0.2, -0.15) is 0 Å². The van der Waals surface area contributed by atoms with Crippen LogP contribution < -0.4 is 0 Å². The third-order valence-electron chi connectivity index (χ3n) is 3.79. The van der Waals surface area contributed by atoms with Gasteiger partial charge in [0.1, 0.15) is 5.65 Å². The number of hydrogen-bond donors (Lipinski definition) is 0. The predicted octanol–water partition coefficient (Wildman–Crippen LogP) is 4.45. The second-order valence-electron chi connectivity index (χ2n) is 5.41. The summed E-state index contributed by atoms with van der Waals surface area (Å²) in [6.07, 6.45) is 0. The van der Waals surface area contributed by atoms with Gasteiger partial charge in [0.05, 0.1) is 28.9 Å². The van der Waals surface area contributed by atoms with Crippen LogP contribution in [0.4, 0.5) is 0 Å². The van der Waals surface area contributed by atoms with Gasteiger partial charge in [0.25, 0.3) is 0 Å². The maximum absolute atomic E-state index is 11.8. The minimum Gasteiger partial charge on any atom is -0.465 e. The maximum Gasteiger partial charge on any atom is 0.316 e. The summed E-state index contributed by atoms with van der Waals surface area (Å²) in [5.41, 5.74) is 3.55. The number of aromatic nitrogens is 3. The molecular weight excluding hydrogens is 402 g/mol. The van der Waals surface area contributed by atoms with Crippen molar-refractivity contribution in [1.29, 1.82) is 0 Å². The van der Waals surface area contributed by atoms with Gasteiger partial charge in [-0.05, 0) is 37.3 Å². The molecule has 0 aliphatic heterocycles.